The van der Waals surface area contributed by atoms with Crippen LogP contribution < -0.4 is 4.90 Å². The first kappa shape index (κ1) is 14.3. The summed E-state index contributed by atoms with van der Waals surface area (Å²) in [6.07, 6.45) is -2.03. The standard InChI is InChI=1S/C15H9F4N3/c16-9-1-2-12-11(7-9)14(15(17,18)19)10-3-5-21-8-13(10)22(12)6-4-20/h1-3,5,7-8,14H,6H2. The Bertz CT molecular complexity index is 764. The van der Waals surface area contributed by atoms with Crippen molar-refractivity contribution in [3.63, 3.8) is 0 Å². The third-order valence-corrected chi connectivity index (χ3v) is 3.58. The number of nitriles is 1. The van der Waals surface area contributed by atoms with E-state index < -0.39 is 17.9 Å². The Balaban J connectivity index is 2.31. The second-order valence-electron chi connectivity index (χ2n) is 4.86. The predicted octanol–water partition coefficient (Wildman–Crippen LogP) is 3.89. The number of halogens is 4. The summed E-state index contributed by atoms with van der Waals surface area (Å²) >= 11 is 0. The molecule has 0 aliphatic carbocycles. The van der Waals surface area contributed by atoms with E-state index in [0.29, 0.717) is 0 Å². The van der Waals surface area contributed by atoms with E-state index in [4.69, 9.17) is 5.26 Å². The maximum Gasteiger partial charge on any atom is 0.399 e. The second-order valence-corrected chi connectivity index (χ2v) is 4.86. The second kappa shape index (κ2) is 4.98. The average molecular weight is 307 g/mol. The van der Waals surface area contributed by atoms with Gasteiger partial charge in [-0.3, -0.25) is 4.98 Å². The van der Waals surface area contributed by atoms with Gasteiger partial charge in [0.25, 0.3) is 0 Å². The van der Waals surface area contributed by atoms with Crippen LogP contribution in [-0.2, 0) is 0 Å². The van der Waals surface area contributed by atoms with Crippen LogP contribution in [0, 0.1) is 17.1 Å². The van der Waals surface area contributed by atoms with Gasteiger partial charge in [0, 0.05) is 11.9 Å². The minimum Gasteiger partial charge on any atom is -0.326 e. The number of benzene rings is 1. The highest BCUT2D eigenvalue weighted by atomic mass is 19.4. The van der Waals surface area contributed by atoms with Gasteiger partial charge >= 0.3 is 6.18 Å². The number of aromatic nitrogens is 1. The molecule has 22 heavy (non-hydrogen) atoms. The number of hydrogen-bond acceptors (Lipinski definition) is 3. The molecule has 1 aromatic heterocycles. The molecule has 0 radical (unpaired) electrons. The SMILES string of the molecule is N#CCN1c2ccc(F)cc2C(C(F)(F)F)c2ccncc21. The van der Waals surface area contributed by atoms with Gasteiger partial charge in [-0.2, -0.15) is 18.4 Å². The highest BCUT2D eigenvalue weighted by Crippen LogP contribution is 2.51. The lowest BCUT2D eigenvalue weighted by Crippen LogP contribution is -2.32. The number of anilines is 2. The molecule has 1 aliphatic heterocycles. The summed E-state index contributed by atoms with van der Waals surface area (Å²) in [5.74, 6) is -2.69. The fourth-order valence-electron chi connectivity index (χ4n) is 2.76. The zero-order chi connectivity index (χ0) is 15.9. The summed E-state index contributed by atoms with van der Waals surface area (Å²) in [4.78, 5) is 5.26. The molecule has 0 fully saturated rings. The minimum atomic E-state index is -4.57. The van der Waals surface area contributed by atoms with Gasteiger partial charge in [-0.25, -0.2) is 4.39 Å². The molecular weight excluding hydrogens is 298 g/mol. The molecule has 0 N–H and O–H groups in total. The van der Waals surface area contributed by atoms with Crippen LogP contribution in [0.3, 0.4) is 0 Å². The molecule has 7 heteroatoms. The molecule has 112 valence electrons. The lowest BCUT2D eigenvalue weighted by Gasteiger charge is -2.36. The first-order valence-electron chi connectivity index (χ1n) is 6.38. The van der Waals surface area contributed by atoms with Crippen molar-refractivity contribution in [2.24, 2.45) is 0 Å². The number of pyridine rings is 1. The average Bonchev–Trinajstić information content (AvgIpc) is 2.45. The van der Waals surface area contributed by atoms with Crippen LogP contribution in [0.2, 0.25) is 0 Å². The predicted molar refractivity (Wildman–Crippen MR) is 71.2 cm³/mol. The van der Waals surface area contributed by atoms with Crippen LogP contribution in [0.4, 0.5) is 28.9 Å². The minimum absolute atomic E-state index is 0.0316. The smallest absolute Gasteiger partial charge is 0.326 e. The van der Waals surface area contributed by atoms with E-state index in [1.165, 1.54) is 29.4 Å². The zero-order valence-electron chi connectivity index (χ0n) is 11.1. The van der Waals surface area contributed by atoms with Gasteiger partial charge in [0.05, 0.1) is 18.0 Å². The Labute approximate surface area is 123 Å². The van der Waals surface area contributed by atoms with Crippen molar-refractivity contribution in [2.75, 3.05) is 11.4 Å². The fourth-order valence-corrected chi connectivity index (χ4v) is 2.76. The zero-order valence-corrected chi connectivity index (χ0v) is 11.1. The van der Waals surface area contributed by atoms with E-state index in [2.05, 4.69) is 4.98 Å². The fraction of sp³-hybridized carbons (Fsp3) is 0.200. The highest BCUT2D eigenvalue weighted by Gasteiger charge is 2.47. The summed E-state index contributed by atoms with van der Waals surface area (Å²) < 4.78 is 54.0. The van der Waals surface area contributed by atoms with E-state index in [1.807, 2.05) is 6.07 Å². The summed E-state index contributed by atoms with van der Waals surface area (Å²) in [5.41, 5.74) is 0.161. The normalized spacial score (nSPS) is 16.7. The maximum atomic E-state index is 13.5. The summed E-state index contributed by atoms with van der Waals surface area (Å²) in [6, 6.07) is 6.38. The molecular formula is C15H9F4N3. The maximum absolute atomic E-state index is 13.5. The number of nitrogens with zero attached hydrogens (tertiary/aromatic N) is 3. The van der Waals surface area contributed by atoms with Gasteiger partial charge in [0.1, 0.15) is 18.3 Å². The molecule has 2 heterocycles. The van der Waals surface area contributed by atoms with Crippen molar-refractivity contribution in [1.29, 1.82) is 5.26 Å². The van der Waals surface area contributed by atoms with E-state index in [-0.39, 0.29) is 29.0 Å². The van der Waals surface area contributed by atoms with Crippen molar-refractivity contribution in [1.82, 2.24) is 4.98 Å². The first-order valence-corrected chi connectivity index (χ1v) is 6.38. The molecule has 0 spiro atoms. The van der Waals surface area contributed by atoms with Crippen molar-refractivity contribution in [3.8, 4) is 6.07 Å². The van der Waals surface area contributed by atoms with Crippen LogP contribution in [0.5, 0.6) is 0 Å². The molecule has 2 aromatic rings. The van der Waals surface area contributed by atoms with Crippen molar-refractivity contribution in [3.05, 3.63) is 53.6 Å². The summed E-state index contributed by atoms with van der Waals surface area (Å²) in [7, 11) is 0. The van der Waals surface area contributed by atoms with E-state index in [0.717, 1.165) is 12.1 Å². The molecule has 3 nitrogen and oxygen atoms in total. The molecule has 0 bridgehead atoms. The van der Waals surface area contributed by atoms with Crippen LogP contribution in [0.15, 0.2) is 36.7 Å². The lowest BCUT2D eigenvalue weighted by atomic mass is 9.85. The molecule has 1 aromatic carbocycles. The van der Waals surface area contributed by atoms with Gasteiger partial charge in [0.15, 0.2) is 0 Å². The monoisotopic (exact) mass is 307 g/mol. The number of alkyl halides is 3. The van der Waals surface area contributed by atoms with Gasteiger partial charge < -0.3 is 4.90 Å². The molecule has 1 aliphatic rings. The van der Waals surface area contributed by atoms with Crippen LogP contribution in [-0.4, -0.2) is 17.7 Å². The van der Waals surface area contributed by atoms with Gasteiger partial charge in [0.2, 0.25) is 0 Å². The Morgan fingerprint density at radius 3 is 2.64 bits per heavy atom. The molecule has 0 saturated carbocycles. The third-order valence-electron chi connectivity index (χ3n) is 3.58. The first-order chi connectivity index (χ1) is 10.4. The molecule has 0 saturated heterocycles. The van der Waals surface area contributed by atoms with Crippen LogP contribution in [0.1, 0.15) is 17.0 Å². The molecule has 1 atom stereocenters. The van der Waals surface area contributed by atoms with Gasteiger partial charge in [-0.15, -0.1) is 0 Å². The lowest BCUT2D eigenvalue weighted by molar-refractivity contribution is -0.141. The topological polar surface area (TPSA) is 39.9 Å². The van der Waals surface area contributed by atoms with Gasteiger partial charge in [-0.05, 0) is 35.4 Å². The molecule has 3 rings (SSSR count). The van der Waals surface area contributed by atoms with Crippen LogP contribution >= 0.6 is 0 Å². The third kappa shape index (κ3) is 2.17. The van der Waals surface area contributed by atoms with E-state index in [1.54, 1.807) is 0 Å². The summed E-state index contributed by atoms with van der Waals surface area (Å²) in [6.45, 7) is -0.151. The van der Waals surface area contributed by atoms with E-state index in [9.17, 15) is 17.6 Å². The molecule has 1 unspecified atom stereocenters. The van der Waals surface area contributed by atoms with Crippen LogP contribution in [0.25, 0.3) is 0 Å². The number of rotatable bonds is 1. The van der Waals surface area contributed by atoms with Crippen molar-refractivity contribution in [2.45, 2.75) is 12.1 Å². The van der Waals surface area contributed by atoms with Crippen molar-refractivity contribution < 1.29 is 17.6 Å². The van der Waals surface area contributed by atoms with E-state index >= 15 is 0 Å². The Hall–Kier alpha value is -2.62. The quantitative estimate of drug-likeness (QED) is 0.593. The number of fused-ring (bicyclic) bond motifs is 2. The Morgan fingerprint density at radius 1 is 1.18 bits per heavy atom. The van der Waals surface area contributed by atoms with Crippen molar-refractivity contribution >= 4 is 11.4 Å². The number of hydrogen-bond donors (Lipinski definition) is 0. The Morgan fingerprint density at radius 2 is 1.95 bits per heavy atom. The largest absolute Gasteiger partial charge is 0.399 e. The Kier molecular flexibility index (Phi) is 3.24. The summed E-state index contributed by atoms with van der Waals surface area (Å²) in [5, 5.41) is 8.94. The molecule has 0 amide bonds. The van der Waals surface area contributed by atoms with Gasteiger partial charge in [-0.1, -0.05) is 0 Å². The highest BCUT2D eigenvalue weighted by molar-refractivity contribution is 5.76.